The van der Waals surface area contributed by atoms with Gasteiger partial charge in [0.1, 0.15) is 11.6 Å². The van der Waals surface area contributed by atoms with Gasteiger partial charge in [-0.3, -0.25) is 0 Å². The van der Waals surface area contributed by atoms with Crippen molar-refractivity contribution in [3.63, 3.8) is 0 Å². The zero-order valence-electron chi connectivity index (χ0n) is 9.90. The van der Waals surface area contributed by atoms with Crippen molar-refractivity contribution in [3.05, 3.63) is 53.5 Å². The summed E-state index contributed by atoms with van der Waals surface area (Å²) in [5, 5.41) is 3.25. The van der Waals surface area contributed by atoms with Gasteiger partial charge in [-0.25, -0.2) is 9.37 Å². The van der Waals surface area contributed by atoms with Crippen molar-refractivity contribution in [3.8, 4) is 0 Å². The van der Waals surface area contributed by atoms with E-state index in [4.69, 9.17) is 4.42 Å². The van der Waals surface area contributed by atoms with Crippen LogP contribution in [0.1, 0.15) is 29.9 Å². The number of nitrogens with zero attached hydrogens (tertiary/aromatic N) is 1. The second-order valence-corrected chi connectivity index (χ2v) is 4.08. The second-order valence-electron chi connectivity index (χ2n) is 4.08. The SMILES string of the molecule is Cc1ccc(C(C)NCc2cnco2)cc1F. The third-order valence-electron chi connectivity index (χ3n) is 2.76. The van der Waals surface area contributed by atoms with Crippen molar-refractivity contribution < 1.29 is 8.81 Å². The Balaban J connectivity index is 1.99. The van der Waals surface area contributed by atoms with E-state index in [0.717, 1.165) is 11.3 Å². The normalized spacial score (nSPS) is 12.6. The van der Waals surface area contributed by atoms with Crippen molar-refractivity contribution in [2.75, 3.05) is 0 Å². The fourth-order valence-electron chi connectivity index (χ4n) is 1.58. The molecule has 1 unspecified atom stereocenters. The summed E-state index contributed by atoms with van der Waals surface area (Å²) in [7, 11) is 0. The average molecular weight is 234 g/mol. The number of hydrogen-bond donors (Lipinski definition) is 1. The standard InChI is InChI=1S/C13H15FN2O/c1-9-3-4-11(5-13(9)14)10(2)16-7-12-6-15-8-17-12/h3-6,8,10,16H,7H2,1-2H3. The molecule has 2 rings (SSSR count). The Morgan fingerprint density at radius 1 is 1.47 bits per heavy atom. The molecule has 17 heavy (non-hydrogen) atoms. The van der Waals surface area contributed by atoms with E-state index >= 15 is 0 Å². The Kier molecular flexibility index (Phi) is 3.54. The molecule has 0 aliphatic carbocycles. The maximum absolute atomic E-state index is 13.4. The number of aryl methyl sites for hydroxylation is 1. The summed E-state index contributed by atoms with van der Waals surface area (Å²) in [4.78, 5) is 3.83. The largest absolute Gasteiger partial charge is 0.447 e. The van der Waals surface area contributed by atoms with Crippen molar-refractivity contribution >= 4 is 0 Å². The van der Waals surface area contributed by atoms with E-state index < -0.39 is 0 Å². The Morgan fingerprint density at radius 3 is 2.94 bits per heavy atom. The van der Waals surface area contributed by atoms with Crippen LogP contribution >= 0.6 is 0 Å². The molecule has 90 valence electrons. The Morgan fingerprint density at radius 2 is 2.29 bits per heavy atom. The van der Waals surface area contributed by atoms with Gasteiger partial charge in [0.15, 0.2) is 6.39 Å². The van der Waals surface area contributed by atoms with Gasteiger partial charge < -0.3 is 9.73 Å². The van der Waals surface area contributed by atoms with Crippen LogP contribution in [0.4, 0.5) is 4.39 Å². The van der Waals surface area contributed by atoms with E-state index in [1.54, 1.807) is 25.3 Å². The molecule has 2 aromatic rings. The molecule has 1 aromatic heterocycles. The molecule has 0 radical (unpaired) electrons. The zero-order valence-corrected chi connectivity index (χ0v) is 9.90. The minimum absolute atomic E-state index is 0.0650. The Bertz CT molecular complexity index is 482. The summed E-state index contributed by atoms with van der Waals surface area (Å²) in [5.41, 5.74) is 1.59. The summed E-state index contributed by atoms with van der Waals surface area (Å²) in [6, 6.07) is 5.34. The molecule has 3 nitrogen and oxygen atoms in total. The van der Waals surface area contributed by atoms with Crippen LogP contribution in [0.2, 0.25) is 0 Å². The Labute approximate surface area is 99.7 Å². The van der Waals surface area contributed by atoms with Gasteiger partial charge in [0, 0.05) is 6.04 Å². The second kappa shape index (κ2) is 5.10. The van der Waals surface area contributed by atoms with Gasteiger partial charge in [0.05, 0.1) is 12.7 Å². The van der Waals surface area contributed by atoms with Gasteiger partial charge in [-0.05, 0) is 31.0 Å². The summed E-state index contributed by atoms with van der Waals surface area (Å²) in [6.07, 6.45) is 3.06. The molecule has 1 heterocycles. The molecule has 0 saturated heterocycles. The van der Waals surface area contributed by atoms with E-state index in [2.05, 4.69) is 10.3 Å². The van der Waals surface area contributed by atoms with Crippen molar-refractivity contribution in [1.29, 1.82) is 0 Å². The van der Waals surface area contributed by atoms with Crippen LogP contribution in [0.15, 0.2) is 35.2 Å². The van der Waals surface area contributed by atoms with E-state index in [-0.39, 0.29) is 11.9 Å². The topological polar surface area (TPSA) is 38.1 Å². The lowest BCUT2D eigenvalue weighted by atomic mass is 10.1. The van der Waals surface area contributed by atoms with E-state index in [1.165, 1.54) is 6.39 Å². The first kappa shape index (κ1) is 11.8. The first-order valence-corrected chi connectivity index (χ1v) is 5.53. The summed E-state index contributed by atoms with van der Waals surface area (Å²) in [5.74, 6) is 0.597. The number of aromatic nitrogens is 1. The third kappa shape index (κ3) is 2.91. The van der Waals surface area contributed by atoms with Gasteiger partial charge in [0.25, 0.3) is 0 Å². The molecule has 4 heteroatoms. The van der Waals surface area contributed by atoms with Crippen molar-refractivity contribution in [1.82, 2.24) is 10.3 Å². The van der Waals surface area contributed by atoms with E-state index in [0.29, 0.717) is 12.1 Å². The lowest BCUT2D eigenvalue weighted by molar-refractivity contribution is 0.457. The molecule has 0 bridgehead atoms. The molecule has 0 aliphatic heterocycles. The molecule has 1 N–H and O–H groups in total. The third-order valence-corrected chi connectivity index (χ3v) is 2.76. The first-order chi connectivity index (χ1) is 8.16. The number of rotatable bonds is 4. The summed E-state index contributed by atoms with van der Waals surface area (Å²) in [6.45, 7) is 4.32. The summed E-state index contributed by atoms with van der Waals surface area (Å²) >= 11 is 0. The smallest absolute Gasteiger partial charge is 0.180 e. The first-order valence-electron chi connectivity index (χ1n) is 5.53. The fraction of sp³-hybridized carbons (Fsp3) is 0.308. The highest BCUT2D eigenvalue weighted by atomic mass is 19.1. The van der Waals surface area contributed by atoms with E-state index in [9.17, 15) is 4.39 Å². The van der Waals surface area contributed by atoms with Crippen LogP contribution in [-0.4, -0.2) is 4.98 Å². The van der Waals surface area contributed by atoms with Crippen LogP contribution < -0.4 is 5.32 Å². The Hall–Kier alpha value is -1.68. The van der Waals surface area contributed by atoms with Crippen molar-refractivity contribution in [2.45, 2.75) is 26.4 Å². The number of nitrogens with one attached hydrogen (secondary N) is 1. The molecule has 0 fully saturated rings. The highest BCUT2D eigenvalue weighted by Gasteiger charge is 2.08. The lowest BCUT2D eigenvalue weighted by Gasteiger charge is -2.13. The van der Waals surface area contributed by atoms with Crippen molar-refractivity contribution in [2.24, 2.45) is 0 Å². The molecule has 0 spiro atoms. The molecule has 1 atom stereocenters. The molecule has 0 aliphatic rings. The van der Waals surface area contributed by atoms with Gasteiger partial charge in [-0.15, -0.1) is 0 Å². The van der Waals surface area contributed by atoms with Gasteiger partial charge in [-0.2, -0.15) is 0 Å². The highest BCUT2D eigenvalue weighted by Crippen LogP contribution is 2.16. The number of benzene rings is 1. The molecule has 0 saturated carbocycles. The van der Waals surface area contributed by atoms with E-state index in [1.807, 2.05) is 13.0 Å². The molecular formula is C13H15FN2O. The van der Waals surface area contributed by atoms with Gasteiger partial charge in [-0.1, -0.05) is 12.1 Å². The number of hydrogen-bond acceptors (Lipinski definition) is 3. The molecular weight excluding hydrogens is 219 g/mol. The fourth-order valence-corrected chi connectivity index (χ4v) is 1.58. The monoisotopic (exact) mass is 234 g/mol. The predicted octanol–water partition coefficient (Wildman–Crippen LogP) is 2.97. The van der Waals surface area contributed by atoms with Gasteiger partial charge in [0.2, 0.25) is 0 Å². The van der Waals surface area contributed by atoms with Crippen LogP contribution in [0.3, 0.4) is 0 Å². The van der Waals surface area contributed by atoms with Crippen LogP contribution in [0.5, 0.6) is 0 Å². The van der Waals surface area contributed by atoms with Crippen LogP contribution in [-0.2, 0) is 6.54 Å². The average Bonchev–Trinajstić information content (AvgIpc) is 2.82. The van der Waals surface area contributed by atoms with Crippen LogP contribution in [0.25, 0.3) is 0 Å². The number of halogens is 1. The number of oxazole rings is 1. The lowest BCUT2D eigenvalue weighted by Crippen LogP contribution is -2.17. The maximum Gasteiger partial charge on any atom is 0.180 e. The van der Waals surface area contributed by atoms with Crippen LogP contribution in [0, 0.1) is 12.7 Å². The molecule has 0 amide bonds. The van der Waals surface area contributed by atoms with Gasteiger partial charge >= 0.3 is 0 Å². The summed E-state index contributed by atoms with van der Waals surface area (Å²) < 4.78 is 18.5. The highest BCUT2D eigenvalue weighted by molar-refractivity contribution is 5.25. The zero-order chi connectivity index (χ0) is 12.3. The minimum atomic E-state index is -0.171. The predicted molar refractivity (Wildman–Crippen MR) is 62.9 cm³/mol. The molecule has 1 aromatic carbocycles. The minimum Gasteiger partial charge on any atom is -0.447 e. The quantitative estimate of drug-likeness (QED) is 0.883. The maximum atomic E-state index is 13.4.